The molecule has 1 aromatic rings. The average molecular weight is 193 g/mol. The second-order valence-corrected chi connectivity index (χ2v) is 2.18. The van der Waals surface area contributed by atoms with Gasteiger partial charge in [0.2, 0.25) is 5.82 Å². The van der Waals surface area contributed by atoms with Gasteiger partial charge in [0.05, 0.1) is 13.3 Å². The van der Waals surface area contributed by atoms with E-state index in [9.17, 15) is 13.2 Å². The van der Waals surface area contributed by atoms with Gasteiger partial charge in [-0.25, -0.2) is 13.8 Å². The van der Waals surface area contributed by atoms with Crippen LogP contribution in [0.5, 0.6) is 11.5 Å². The van der Waals surface area contributed by atoms with E-state index in [0.29, 0.717) is 0 Å². The second-order valence-electron chi connectivity index (χ2n) is 2.18. The van der Waals surface area contributed by atoms with Crippen molar-refractivity contribution in [3.8, 4) is 11.5 Å². The van der Waals surface area contributed by atoms with E-state index in [1.807, 2.05) is 0 Å². The van der Waals surface area contributed by atoms with Gasteiger partial charge in [0.15, 0.2) is 17.2 Å². The minimum absolute atomic E-state index is 0.373. The molecular weight excluding hydrogens is 187 g/mol. The lowest BCUT2D eigenvalue weighted by Gasteiger charge is -2.06. The molecule has 3 nitrogen and oxygen atoms in total. The van der Waals surface area contributed by atoms with E-state index in [2.05, 4.69) is 9.72 Å². The highest BCUT2D eigenvalue weighted by Crippen LogP contribution is 2.32. The van der Waals surface area contributed by atoms with Gasteiger partial charge in [-0.05, 0) is 0 Å². The molecule has 0 bridgehead atoms. The molecule has 0 aromatic carbocycles. The van der Waals surface area contributed by atoms with Gasteiger partial charge >= 0.3 is 0 Å². The molecule has 1 rings (SSSR count). The van der Waals surface area contributed by atoms with Crippen molar-refractivity contribution in [3.63, 3.8) is 0 Å². The maximum atomic E-state index is 12.9. The molecule has 0 aliphatic rings. The van der Waals surface area contributed by atoms with Crippen LogP contribution in [0.2, 0.25) is 0 Å². The number of nitrogens with zero attached hydrogens (tertiary/aromatic N) is 1. The van der Waals surface area contributed by atoms with Crippen LogP contribution < -0.4 is 4.74 Å². The molecule has 0 unspecified atom stereocenters. The number of pyridine rings is 1. The van der Waals surface area contributed by atoms with E-state index in [1.165, 1.54) is 0 Å². The summed E-state index contributed by atoms with van der Waals surface area (Å²) < 4.78 is 41.3. The van der Waals surface area contributed by atoms with Crippen molar-refractivity contribution in [2.24, 2.45) is 0 Å². The molecule has 0 aliphatic heterocycles. The molecule has 0 saturated carbocycles. The van der Waals surface area contributed by atoms with Gasteiger partial charge in [-0.1, -0.05) is 0 Å². The zero-order valence-electron chi connectivity index (χ0n) is 6.59. The molecule has 0 spiro atoms. The lowest BCUT2D eigenvalue weighted by atomic mass is 10.3. The van der Waals surface area contributed by atoms with Gasteiger partial charge in [-0.3, -0.25) is 0 Å². The van der Waals surface area contributed by atoms with E-state index < -0.39 is 23.7 Å². The van der Waals surface area contributed by atoms with Crippen molar-refractivity contribution in [2.45, 2.75) is 6.43 Å². The summed E-state index contributed by atoms with van der Waals surface area (Å²) in [6.45, 7) is 0. The van der Waals surface area contributed by atoms with E-state index >= 15 is 0 Å². The number of aromatic nitrogens is 1. The summed E-state index contributed by atoms with van der Waals surface area (Å²) in [6, 6.07) is 0. The minimum atomic E-state index is -3.01. The average Bonchev–Trinajstić information content (AvgIpc) is 2.09. The summed E-state index contributed by atoms with van der Waals surface area (Å²) in [4.78, 5) is 3.14. The van der Waals surface area contributed by atoms with Crippen LogP contribution in [0.25, 0.3) is 0 Å². The van der Waals surface area contributed by atoms with Crippen molar-refractivity contribution >= 4 is 0 Å². The van der Waals surface area contributed by atoms with Crippen molar-refractivity contribution in [1.82, 2.24) is 4.98 Å². The second kappa shape index (κ2) is 3.51. The molecule has 0 atom stereocenters. The molecular formula is C7H6F3NO2. The summed E-state index contributed by atoms with van der Waals surface area (Å²) in [6.07, 6.45) is -2.23. The first-order valence-electron chi connectivity index (χ1n) is 3.27. The van der Waals surface area contributed by atoms with Crippen LogP contribution in [-0.2, 0) is 0 Å². The molecule has 1 heterocycles. The third-order valence-electron chi connectivity index (χ3n) is 1.41. The summed E-state index contributed by atoms with van der Waals surface area (Å²) in [5.41, 5.74) is -0.988. The fourth-order valence-electron chi connectivity index (χ4n) is 0.777. The van der Waals surface area contributed by atoms with E-state index in [4.69, 9.17) is 5.11 Å². The minimum Gasteiger partial charge on any atom is -0.503 e. The largest absolute Gasteiger partial charge is 0.503 e. The Morgan fingerprint density at radius 2 is 2.15 bits per heavy atom. The lowest BCUT2D eigenvalue weighted by Crippen LogP contribution is -1.96. The van der Waals surface area contributed by atoms with Crippen molar-refractivity contribution in [1.29, 1.82) is 0 Å². The molecule has 0 amide bonds. The Morgan fingerprint density at radius 1 is 1.54 bits per heavy atom. The number of halogens is 3. The highest BCUT2D eigenvalue weighted by molar-refractivity contribution is 5.36. The zero-order valence-corrected chi connectivity index (χ0v) is 6.59. The highest BCUT2D eigenvalue weighted by Gasteiger charge is 2.20. The van der Waals surface area contributed by atoms with Crippen LogP contribution in [0, 0.1) is 5.82 Å². The topological polar surface area (TPSA) is 42.4 Å². The predicted octanol–water partition coefficient (Wildman–Crippen LogP) is 1.87. The Labute approximate surface area is 71.8 Å². The number of rotatable bonds is 2. The molecule has 1 aromatic heterocycles. The first kappa shape index (κ1) is 9.63. The third kappa shape index (κ3) is 1.66. The van der Waals surface area contributed by atoms with Crippen molar-refractivity contribution in [2.75, 3.05) is 7.11 Å². The van der Waals surface area contributed by atoms with Crippen LogP contribution in [0.4, 0.5) is 13.2 Å². The SMILES string of the molecule is COc1cnc(C(F)F)c(O)c1F. The predicted molar refractivity (Wildman–Crippen MR) is 37.4 cm³/mol. The van der Waals surface area contributed by atoms with Crippen LogP contribution in [-0.4, -0.2) is 17.2 Å². The van der Waals surface area contributed by atoms with Crippen LogP contribution in [0.3, 0.4) is 0 Å². The van der Waals surface area contributed by atoms with Gasteiger partial charge in [0.1, 0.15) is 0 Å². The third-order valence-corrected chi connectivity index (χ3v) is 1.41. The fraction of sp³-hybridized carbons (Fsp3) is 0.286. The Hall–Kier alpha value is -1.46. The van der Waals surface area contributed by atoms with Crippen LogP contribution in [0.15, 0.2) is 6.20 Å². The van der Waals surface area contributed by atoms with Crippen LogP contribution >= 0.6 is 0 Å². The monoisotopic (exact) mass is 193 g/mol. The summed E-state index contributed by atoms with van der Waals surface area (Å²) in [5, 5.41) is 8.88. The Bertz CT molecular complexity index is 317. The standard InChI is InChI=1S/C7H6F3NO2/c1-13-3-2-11-5(7(9)10)6(12)4(3)8/h2,7,12H,1H3. The number of ether oxygens (including phenoxy) is 1. The molecule has 1 N–H and O–H groups in total. The number of methoxy groups -OCH3 is 1. The van der Waals surface area contributed by atoms with Gasteiger partial charge in [-0.2, -0.15) is 4.39 Å². The maximum absolute atomic E-state index is 12.9. The number of hydrogen-bond donors (Lipinski definition) is 1. The molecule has 0 radical (unpaired) electrons. The van der Waals surface area contributed by atoms with Gasteiger partial charge in [0, 0.05) is 0 Å². The smallest absolute Gasteiger partial charge is 0.284 e. The normalized spacial score (nSPS) is 10.5. The highest BCUT2D eigenvalue weighted by atomic mass is 19.3. The molecule has 0 saturated heterocycles. The Kier molecular flexibility index (Phi) is 2.60. The van der Waals surface area contributed by atoms with E-state index in [1.54, 1.807) is 0 Å². The summed E-state index contributed by atoms with van der Waals surface area (Å²) in [5.74, 6) is -2.77. The number of hydrogen-bond acceptors (Lipinski definition) is 3. The molecule has 0 aliphatic carbocycles. The van der Waals surface area contributed by atoms with E-state index in [-0.39, 0.29) is 5.75 Å². The van der Waals surface area contributed by atoms with Gasteiger partial charge < -0.3 is 9.84 Å². The molecule has 0 fully saturated rings. The van der Waals surface area contributed by atoms with E-state index in [0.717, 1.165) is 13.3 Å². The number of alkyl halides is 2. The van der Waals surface area contributed by atoms with Crippen LogP contribution in [0.1, 0.15) is 12.1 Å². The Morgan fingerprint density at radius 3 is 2.62 bits per heavy atom. The first-order chi connectivity index (χ1) is 6.07. The maximum Gasteiger partial charge on any atom is 0.284 e. The number of aromatic hydroxyl groups is 1. The molecule has 13 heavy (non-hydrogen) atoms. The van der Waals surface area contributed by atoms with Gasteiger partial charge in [0.25, 0.3) is 6.43 Å². The van der Waals surface area contributed by atoms with Gasteiger partial charge in [-0.15, -0.1) is 0 Å². The quantitative estimate of drug-likeness (QED) is 0.779. The van der Waals surface area contributed by atoms with Crippen molar-refractivity contribution in [3.05, 3.63) is 17.7 Å². The zero-order chi connectivity index (χ0) is 10.0. The fourth-order valence-corrected chi connectivity index (χ4v) is 0.777. The summed E-state index contributed by atoms with van der Waals surface area (Å²) in [7, 11) is 1.14. The first-order valence-corrected chi connectivity index (χ1v) is 3.27. The Balaban J connectivity index is 3.23. The summed E-state index contributed by atoms with van der Waals surface area (Å²) >= 11 is 0. The lowest BCUT2D eigenvalue weighted by molar-refractivity contribution is 0.140. The molecule has 6 heteroatoms. The molecule has 72 valence electrons. The van der Waals surface area contributed by atoms with Crippen molar-refractivity contribution < 1.29 is 23.0 Å².